The van der Waals surface area contributed by atoms with Crippen LogP contribution in [0.2, 0.25) is 0 Å². The number of aromatic nitrogens is 1. The van der Waals surface area contributed by atoms with Crippen LogP contribution in [0.15, 0.2) is 41.5 Å². The van der Waals surface area contributed by atoms with Gasteiger partial charge >= 0.3 is 0 Å². The molecule has 0 spiro atoms. The molecule has 2 aromatic rings. The average Bonchev–Trinajstić information content (AvgIpc) is 2.69. The summed E-state index contributed by atoms with van der Waals surface area (Å²) in [6, 6.07) is 7.79. The number of amidine groups is 1. The Bertz CT molecular complexity index is 981. The van der Waals surface area contributed by atoms with Crippen LogP contribution in [0.25, 0.3) is 0 Å². The molecule has 30 heavy (non-hydrogen) atoms. The SMILES string of the molecule is C[C@@]1(c2cc(CC(=O)c3ccc(OCCC(N)=O)cn3)ccc2F)CCSC(N)=N1. The van der Waals surface area contributed by atoms with Gasteiger partial charge < -0.3 is 16.2 Å². The maximum absolute atomic E-state index is 14.5. The number of nitrogens with zero attached hydrogens (tertiary/aromatic N) is 2. The van der Waals surface area contributed by atoms with E-state index in [0.717, 1.165) is 5.75 Å². The predicted octanol–water partition coefficient (Wildman–Crippen LogP) is 2.57. The van der Waals surface area contributed by atoms with Crippen LogP contribution in [-0.2, 0) is 16.8 Å². The first-order chi connectivity index (χ1) is 14.3. The topological polar surface area (TPSA) is 121 Å². The Hall–Kier alpha value is -2.94. The molecule has 1 amide bonds. The minimum Gasteiger partial charge on any atom is -0.491 e. The van der Waals surface area contributed by atoms with Gasteiger partial charge in [0.05, 0.1) is 24.8 Å². The second-order valence-corrected chi connectivity index (χ2v) is 8.30. The molecule has 4 N–H and O–H groups in total. The van der Waals surface area contributed by atoms with E-state index in [-0.39, 0.29) is 36.7 Å². The third-order valence-corrected chi connectivity index (χ3v) is 5.61. The van der Waals surface area contributed by atoms with Crippen LogP contribution in [0, 0.1) is 5.82 Å². The largest absolute Gasteiger partial charge is 0.491 e. The Morgan fingerprint density at radius 2 is 2.10 bits per heavy atom. The fraction of sp³-hybridized carbons (Fsp3) is 0.333. The third kappa shape index (κ3) is 5.35. The van der Waals surface area contributed by atoms with Crippen molar-refractivity contribution >= 4 is 28.6 Å². The summed E-state index contributed by atoms with van der Waals surface area (Å²) in [4.78, 5) is 31.9. The number of rotatable bonds is 8. The lowest BCUT2D eigenvalue weighted by molar-refractivity contribution is -0.118. The van der Waals surface area contributed by atoms with E-state index in [1.807, 2.05) is 6.92 Å². The Morgan fingerprint density at radius 1 is 1.30 bits per heavy atom. The van der Waals surface area contributed by atoms with Crippen molar-refractivity contribution in [2.45, 2.75) is 31.7 Å². The number of ketones is 1. The normalized spacial score (nSPS) is 18.5. The fourth-order valence-corrected chi connectivity index (χ4v) is 4.13. The molecule has 9 heteroatoms. The lowest BCUT2D eigenvalue weighted by Crippen LogP contribution is -2.29. The van der Waals surface area contributed by atoms with Gasteiger partial charge in [-0.15, -0.1) is 0 Å². The minimum atomic E-state index is -0.749. The molecule has 158 valence electrons. The highest BCUT2D eigenvalue weighted by atomic mass is 32.2. The zero-order valence-electron chi connectivity index (χ0n) is 16.6. The number of hydrogen-bond donors (Lipinski definition) is 2. The quantitative estimate of drug-likeness (QED) is 0.621. The Labute approximate surface area is 178 Å². The van der Waals surface area contributed by atoms with Gasteiger partial charge in [0.15, 0.2) is 11.0 Å². The summed E-state index contributed by atoms with van der Waals surface area (Å²) >= 11 is 1.45. The van der Waals surface area contributed by atoms with Gasteiger partial charge in [-0.25, -0.2) is 9.37 Å². The smallest absolute Gasteiger partial charge is 0.220 e. The first-order valence-corrected chi connectivity index (χ1v) is 10.4. The highest BCUT2D eigenvalue weighted by Gasteiger charge is 2.32. The van der Waals surface area contributed by atoms with Crippen molar-refractivity contribution in [3.8, 4) is 5.75 Å². The van der Waals surface area contributed by atoms with Crippen LogP contribution >= 0.6 is 11.8 Å². The monoisotopic (exact) mass is 430 g/mol. The number of benzene rings is 1. The van der Waals surface area contributed by atoms with Gasteiger partial charge in [0, 0.05) is 17.7 Å². The summed E-state index contributed by atoms with van der Waals surface area (Å²) in [5, 5.41) is 0.437. The van der Waals surface area contributed by atoms with Crippen LogP contribution < -0.4 is 16.2 Å². The molecule has 2 heterocycles. The zero-order valence-corrected chi connectivity index (χ0v) is 17.4. The van der Waals surface area contributed by atoms with Crippen molar-refractivity contribution in [3.05, 3.63) is 59.2 Å². The first-order valence-electron chi connectivity index (χ1n) is 9.44. The van der Waals surface area contributed by atoms with E-state index < -0.39 is 11.4 Å². The van der Waals surface area contributed by atoms with Crippen LogP contribution in [0.1, 0.15) is 41.4 Å². The van der Waals surface area contributed by atoms with Gasteiger partial charge in [0.25, 0.3) is 0 Å². The molecule has 1 aliphatic rings. The van der Waals surface area contributed by atoms with E-state index in [1.165, 1.54) is 24.0 Å². The summed E-state index contributed by atoms with van der Waals surface area (Å²) in [5.74, 6) is 0.168. The van der Waals surface area contributed by atoms with Crippen molar-refractivity contribution in [3.63, 3.8) is 0 Å². The molecule has 3 rings (SSSR count). The van der Waals surface area contributed by atoms with Gasteiger partial charge in [0.1, 0.15) is 17.3 Å². The summed E-state index contributed by atoms with van der Waals surface area (Å²) in [7, 11) is 0. The molecule has 1 aromatic heterocycles. The summed E-state index contributed by atoms with van der Waals surface area (Å²) in [6.07, 6.45) is 2.25. The zero-order chi connectivity index (χ0) is 21.7. The highest BCUT2D eigenvalue weighted by Crippen LogP contribution is 2.36. The Morgan fingerprint density at radius 3 is 2.77 bits per heavy atom. The number of amides is 1. The maximum Gasteiger partial charge on any atom is 0.220 e. The molecule has 0 fully saturated rings. The average molecular weight is 431 g/mol. The molecule has 0 saturated carbocycles. The second kappa shape index (κ2) is 9.25. The molecule has 0 bridgehead atoms. The molecule has 0 aliphatic carbocycles. The minimum absolute atomic E-state index is 0.0756. The van der Waals surface area contributed by atoms with Crippen LogP contribution in [0.5, 0.6) is 5.75 Å². The second-order valence-electron chi connectivity index (χ2n) is 7.18. The van der Waals surface area contributed by atoms with Crippen LogP contribution in [0.4, 0.5) is 4.39 Å². The summed E-state index contributed by atoms with van der Waals surface area (Å²) < 4.78 is 19.9. The van der Waals surface area contributed by atoms with Gasteiger partial charge in [-0.05, 0) is 43.2 Å². The fourth-order valence-electron chi connectivity index (χ4n) is 3.15. The van der Waals surface area contributed by atoms with Gasteiger partial charge in [0.2, 0.25) is 5.91 Å². The molecule has 1 atom stereocenters. The maximum atomic E-state index is 14.5. The van der Waals surface area contributed by atoms with Crippen molar-refractivity contribution in [2.75, 3.05) is 12.4 Å². The van der Waals surface area contributed by atoms with Gasteiger partial charge in [-0.3, -0.25) is 14.6 Å². The highest BCUT2D eigenvalue weighted by molar-refractivity contribution is 8.13. The number of Topliss-reactive ketones (excluding diaryl/α,β-unsaturated/α-hetero) is 1. The number of carbonyl (C=O) groups excluding carboxylic acids is 2. The number of ether oxygens (including phenoxy) is 1. The number of carbonyl (C=O) groups is 2. The van der Waals surface area contributed by atoms with Gasteiger partial charge in [-0.2, -0.15) is 0 Å². The predicted molar refractivity (Wildman–Crippen MR) is 114 cm³/mol. The molecule has 1 aromatic carbocycles. The van der Waals surface area contributed by atoms with Crippen molar-refractivity contribution < 1.29 is 18.7 Å². The molecule has 1 aliphatic heterocycles. The summed E-state index contributed by atoms with van der Waals surface area (Å²) in [5.41, 5.74) is 11.5. The molecule has 0 saturated heterocycles. The number of hydrogen-bond acceptors (Lipinski definition) is 7. The molecular formula is C21H23FN4O3S. The molecule has 7 nitrogen and oxygen atoms in total. The number of halogens is 1. The number of aliphatic imine (C=N–C) groups is 1. The standard InChI is InChI=1S/C21H23FN4O3S/c1-21(7-9-30-20(24)26-21)15-10-13(2-4-16(15)22)11-18(27)17-5-3-14(12-25-17)29-8-6-19(23)28/h2-5,10,12H,6-9,11H2,1H3,(H2,23,28)(H2,24,26)/t21-/m0/s1. The lowest BCUT2D eigenvalue weighted by atomic mass is 9.87. The molecule has 0 unspecified atom stereocenters. The number of primary amides is 1. The first kappa shape index (κ1) is 21.8. The van der Waals surface area contributed by atoms with E-state index in [9.17, 15) is 14.0 Å². The molecular weight excluding hydrogens is 407 g/mol. The Balaban J connectivity index is 1.71. The van der Waals surface area contributed by atoms with Gasteiger partial charge in [-0.1, -0.05) is 17.8 Å². The van der Waals surface area contributed by atoms with Crippen molar-refractivity contribution in [1.29, 1.82) is 0 Å². The van der Waals surface area contributed by atoms with Crippen molar-refractivity contribution in [2.24, 2.45) is 16.5 Å². The summed E-state index contributed by atoms with van der Waals surface area (Å²) in [6.45, 7) is 2.00. The van der Waals surface area contributed by atoms with E-state index in [4.69, 9.17) is 16.2 Å². The van der Waals surface area contributed by atoms with Crippen LogP contribution in [-0.4, -0.2) is 34.2 Å². The van der Waals surface area contributed by atoms with E-state index in [0.29, 0.717) is 28.5 Å². The lowest BCUT2D eigenvalue weighted by Gasteiger charge is -2.30. The number of pyridine rings is 1. The van der Waals surface area contributed by atoms with Crippen molar-refractivity contribution in [1.82, 2.24) is 4.98 Å². The number of thioether (sulfide) groups is 1. The molecule has 0 radical (unpaired) electrons. The van der Waals surface area contributed by atoms with E-state index in [1.54, 1.807) is 24.3 Å². The Kier molecular flexibility index (Phi) is 6.71. The van der Waals surface area contributed by atoms with E-state index in [2.05, 4.69) is 9.98 Å². The number of nitrogens with two attached hydrogens (primary N) is 2. The van der Waals surface area contributed by atoms with Crippen LogP contribution in [0.3, 0.4) is 0 Å². The van der Waals surface area contributed by atoms with E-state index >= 15 is 0 Å². The third-order valence-electron chi connectivity index (χ3n) is 4.81.